The van der Waals surface area contributed by atoms with Gasteiger partial charge in [0.1, 0.15) is 0 Å². The van der Waals surface area contributed by atoms with E-state index in [-0.39, 0.29) is 11.2 Å². The molecule has 5 heteroatoms. The Balaban J connectivity index is 3.97. The van der Waals surface area contributed by atoms with Crippen LogP contribution in [0.2, 0.25) is 0 Å². The minimum atomic E-state index is -1.40. The van der Waals surface area contributed by atoms with Gasteiger partial charge in [0.15, 0.2) is 0 Å². The molecule has 0 aromatic heterocycles. The molecule has 0 aliphatic carbocycles. The summed E-state index contributed by atoms with van der Waals surface area (Å²) in [5, 5.41) is 0. The van der Waals surface area contributed by atoms with Crippen LogP contribution in [0.1, 0.15) is 27.7 Å². The summed E-state index contributed by atoms with van der Waals surface area (Å²) in [4.78, 5) is 4.29. The fourth-order valence-corrected chi connectivity index (χ4v) is 3.93. The Morgan fingerprint density at radius 2 is 1.06 bits per heavy atom. The first kappa shape index (κ1) is 17.7. The summed E-state index contributed by atoms with van der Waals surface area (Å²) in [6, 6.07) is 0. The first-order chi connectivity index (χ1) is 7.54. The number of rotatable bonds is 8. The van der Waals surface area contributed by atoms with Gasteiger partial charge >= 0.3 is 119 Å². The number of nitrogens with zero attached hydrogens (tertiary/aromatic N) is 2. The van der Waals surface area contributed by atoms with Crippen molar-refractivity contribution in [2.24, 2.45) is 0 Å². The molecule has 0 heterocycles. The average Bonchev–Trinajstić information content (AvgIpc) is 1.96. The van der Waals surface area contributed by atoms with Crippen molar-refractivity contribution in [3.63, 3.8) is 0 Å². The van der Waals surface area contributed by atoms with Gasteiger partial charge in [-0.15, -0.1) is 0 Å². The van der Waals surface area contributed by atoms with Gasteiger partial charge in [-0.3, -0.25) is 0 Å². The van der Waals surface area contributed by atoms with Crippen LogP contribution in [0, 0.1) is 0 Å². The van der Waals surface area contributed by atoms with Crippen molar-refractivity contribution in [3.8, 4) is 0 Å². The van der Waals surface area contributed by atoms with Crippen LogP contribution in [0.25, 0.3) is 0 Å². The molecule has 0 fully saturated rings. The molecule has 0 bridgehead atoms. The molecule has 0 spiro atoms. The van der Waals surface area contributed by atoms with Gasteiger partial charge in [0, 0.05) is 0 Å². The summed E-state index contributed by atoms with van der Waals surface area (Å²) >= 11 is -1.40. The van der Waals surface area contributed by atoms with Crippen LogP contribution in [0.3, 0.4) is 0 Å². The second-order valence-corrected chi connectivity index (χ2v) is 8.22. The third kappa shape index (κ3) is 10.3. The number of hydrogen-bond donors (Lipinski definition) is 0. The van der Waals surface area contributed by atoms with Crippen LogP contribution in [-0.4, -0.2) is 86.1 Å². The van der Waals surface area contributed by atoms with Crippen LogP contribution in [0.15, 0.2) is 0 Å². The molecule has 17 heavy (non-hydrogen) atoms. The van der Waals surface area contributed by atoms with E-state index < -0.39 is 23.8 Å². The third-order valence-corrected chi connectivity index (χ3v) is 6.32. The van der Waals surface area contributed by atoms with Crippen molar-refractivity contribution in [2.45, 2.75) is 38.9 Å². The van der Waals surface area contributed by atoms with E-state index in [1.54, 1.807) is 0 Å². The number of likely N-dealkylation sites (N-methyl/N-ethyl adjacent to an activating group) is 2. The van der Waals surface area contributed by atoms with E-state index in [2.05, 4.69) is 65.7 Å². The van der Waals surface area contributed by atoms with Crippen molar-refractivity contribution >= 4 is 23.8 Å². The Labute approximate surface area is 119 Å². The SMILES string of the molecule is CN(C)CC(C)(C)[O][In-][O]C(C)(C)CN(C)C. The molecule has 0 rings (SSSR count). The quantitative estimate of drug-likeness (QED) is 0.660. The van der Waals surface area contributed by atoms with Gasteiger partial charge in [0.05, 0.1) is 0 Å². The molecule has 0 unspecified atom stereocenters. The van der Waals surface area contributed by atoms with Gasteiger partial charge in [0.2, 0.25) is 0 Å². The van der Waals surface area contributed by atoms with Crippen molar-refractivity contribution in [2.75, 3.05) is 41.3 Å². The van der Waals surface area contributed by atoms with Crippen LogP contribution < -0.4 is 0 Å². The zero-order valence-electron chi connectivity index (χ0n) is 12.7. The van der Waals surface area contributed by atoms with Crippen molar-refractivity contribution in [3.05, 3.63) is 0 Å². The van der Waals surface area contributed by atoms with E-state index in [0.29, 0.717) is 0 Å². The van der Waals surface area contributed by atoms with Crippen LogP contribution >= 0.6 is 0 Å². The van der Waals surface area contributed by atoms with Gasteiger partial charge in [-0.2, -0.15) is 0 Å². The first-order valence-corrected chi connectivity index (χ1v) is 8.70. The molecule has 0 aromatic rings. The van der Waals surface area contributed by atoms with Crippen LogP contribution in [-0.2, 0) is 5.71 Å². The van der Waals surface area contributed by atoms with E-state index >= 15 is 0 Å². The van der Waals surface area contributed by atoms with Crippen LogP contribution in [0.4, 0.5) is 0 Å². The maximum atomic E-state index is 5.97. The average molecular weight is 347 g/mol. The van der Waals surface area contributed by atoms with Gasteiger partial charge in [-0.25, -0.2) is 0 Å². The predicted molar refractivity (Wildman–Crippen MR) is 73.2 cm³/mol. The summed E-state index contributed by atoms with van der Waals surface area (Å²) in [5.74, 6) is 0. The second kappa shape index (κ2) is 7.34. The Morgan fingerprint density at radius 1 is 0.765 bits per heavy atom. The number of hydrogen-bond acceptors (Lipinski definition) is 4. The zero-order valence-corrected chi connectivity index (χ0v) is 16.0. The van der Waals surface area contributed by atoms with Crippen molar-refractivity contribution in [1.82, 2.24) is 9.80 Å². The molecular weight excluding hydrogens is 319 g/mol. The molecule has 0 aliphatic heterocycles. The molecule has 0 atom stereocenters. The van der Waals surface area contributed by atoms with E-state index in [1.807, 2.05) is 0 Å². The monoisotopic (exact) mass is 347 g/mol. The summed E-state index contributed by atoms with van der Waals surface area (Å²) in [6.45, 7) is 10.4. The minimum absolute atomic E-state index is 0.0984. The van der Waals surface area contributed by atoms with Gasteiger partial charge < -0.3 is 0 Å². The first-order valence-electron chi connectivity index (χ1n) is 6.01. The molecule has 4 nitrogen and oxygen atoms in total. The topological polar surface area (TPSA) is 24.9 Å². The Bertz CT molecular complexity index is 197. The maximum absolute atomic E-state index is 5.97. The third-order valence-electron chi connectivity index (χ3n) is 2.13. The van der Waals surface area contributed by atoms with E-state index in [0.717, 1.165) is 13.1 Å². The predicted octanol–water partition coefficient (Wildman–Crippen LogP) is 1.23. The van der Waals surface area contributed by atoms with E-state index in [9.17, 15) is 0 Å². The summed E-state index contributed by atoms with van der Waals surface area (Å²) in [7, 11) is 8.26. The standard InChI is InChI=1S/2C6H14NO.In/c2*1-6(2,8)5-7(3)4;/h2*5H2,1-4H3;/q2*-1;+1. The zero-order chi connectivity index (χ0) is 13.7. The summed E-state index contributed by atoms with van der Waals surface area (Å²) in [5.41, 5.74) is -0.197. The van der Waals surface area contributed by atoms with Gasteiger partial charge in [-0.1, -0.05) is 0 Å². The molecule has 0 N–H and O–H groups in total. The fourth-order valence-electron chi connectivity index (χ4n) is 1.88. The van der Waals surface area contributed by atoms with E-state index in [1.165, 1.54) is 0 Å². The van der Waals surface area contributed by atoms with Crippen LogP contribution in [0.5, 0.6) is 0 Å². The van der Waals surface area contributed by atoms with Crippen molar-refractivity contribution in [1.29, 1.82) is 0 Å². The fraction of sp³-hybridized carbons (Fsp3) is 1.00. The molecule has 0 saturated heterocycles. The van der Waals surface area contributed by atoms with Gasteiger partial charge in [-0.05, 0) is 0 Å². The summed E-state index contributed by atoms with van der Waals surface area (Å²) < 4.78 is 11.9. The molecule has 0 amide bonds. The summed E-state index contributed by atoms with van der Waals surface area (Å²) in [6.07, 6.45) is 0. The second-order valence-electron chi connectivity index (χ2n) is 6.33. The van der Waals surface area contributed by atoms with Crippen molar-refractivity contribution < 1.29 is 5.71 Å². The Kier molecular flexibility index (Phi) is 7.64. The van der Waals surface area contributed by atoms with E-state index in [4.69, 9.17) is 5.71 Å². The molecule has 0 saturated carbocycles. The van der Waals surface area contributed by atoms with Gasteiger partial charge in [0.25, 0.3) is 0 Å². The molecule has 2 radical (unpaired) electrons. The molecule has 0 aliphatic rings. The molecule has 102 valence electrons. The Morgan fingerprint density at radius 3 is 1.29 bits per heavy atom. The normalized spacial score (nSPS) is 13.8. The Hall–Kier alpha value is 0.710. The molecular formula is C12H28InN2O2-. The molecule has 0 aromatic carbocycles.